The summed E-state index contributed by atoms with van der Waals surface area (Å²) < 4.78 is 13.1. The summed E-state index contributed by atoms with van der Waals surface area (Å²) in [4.78, 5) is 11.7. The highest BCUT2D eigenvalue weighted by atomic mass is 79.9. The van der Waals surface area contributed by atoms with E-state index in [0.717, 1.165) is 5.56 Å². The number of carbonyl (C=O) groups is 1. The number of hydrogen-bond donors (Lipinski definition) is 0. The monoisotopic (exact) mass is 276 g/mol. The Morgan fingerprint density at radius 1 is 1.57 bits per heavy atom. The van der Waals surface area contributed by atoms with Gasteiger partial charge in [-0.1, -0.05) is 22.0 Å². The van der Waals surface area contributed by atoms with E-state index in [9.17, 15) is 9.18 Å². The lowest BCUT2D eigenvalue weighted by molar-refractivity contribution is -0.115. The summed E-state index contributed by atoms with van der Waals surface area (Å²) in [5.74, 6) is -0.129. The molecule has 0 spiro atoms. The van der Waals surface area contributed by atoms with Crippen molar-refractivity contribution in [1.82, 2.24) is 0 Å². The summed E-state index contributed by atoms with van der Waals surface area (Å²) >= 11 is 4.44. The number of Topliss-reactive ketones (excluding diaryl/α,β-unsaturated/α-hetero) is 1. The number of halogens is 2. The number of rotatable bonds is 4. The molecule has 1 nitrogen and oxygen atoms in total. The molecule has 0 aromatic heterocycles. The average molecular weight is 277 g/mol. The van der Waals surface area contributed by atoms with Crippen molar-refractivity contribution in [3.63, 3.8) is 0 Å². The molecule has 76 valence electrons. The van der Waals surface area contributed by atoms with Crippen LogP contribution in [-0.2, 0) is 11.2 Å². The largest absolute Gasteiger partial charge is 0.298 e. The van der Waals surface area contributed by atoms with Gasteiger partial charge in [-0.15, -0.1) is 11.8 Å². The van der Waals surface area contributed by atoms with Gasteiger partial charge in [0, 0.05) is 11.3 Å². The van der Waals surface area contributed by atoms with Gasteiger partial charge in [-0.25, -0.2) is 4.39 Å². The van der Waals surface area contributed by atoms with Crippen molar-refractivity contribution in [2.75, 3.05) is 11.6 Å². The van der Waals surface area contributed by atoms with Crippen LogP contribution in [0.2, 0.25) is 0 Å². The molecule has 0 saturated carbocycles. The molecule has 0 saturated heterocycles. The van der Waals surface area contributed by atoms with E-state index in [0.29, 0.717) is 16.6 Å². The zero-order valence-electron chi connectivity index (χ0n) is 7.72. The van der Waals surface area contributed by atoms with Crippen LogP contribution in [0, 0.1) is 5.82 Å². The minimum Gasteiger partial charge on any atom is -0.298 e. The van der Waals surface area contributed by atoms with Gasteiger partial charge < -0.3 is 0 Å². The van der Waals surface area contributed by atoms with Gasteiger partial charge in [0.1, 0.15) is 11.6 Å². The fraction of sp³-hybridized carbons (Fsp3) is 0.300. The molecule has 0 fully saturated rings. The molecule has 0 radical (unpaired) electrons. The Labute approximate surface area is 95.2 Å². The lowest BCUT2D eigenvalue weighted by Crippen LogP contribution is -2.03. The second-order valence-electron chi connectivity index (χ2n) is 2.82. The van der Waals surface area contributed by atoms with Crippen LogP contribution in [-0.4, -0.2) is 17.4 Å². The molecule has 0 aliphatic carbocycles. The number of benzene rings is 1. The van der Waals surface area contributed by atoms with Crippen LogP contribution in [0.25, 0.3) is 0 Å². The predicted molar refractivity (Wildman–Crippen MR) is 60.7 cm³/mol. The van der Waals surface area contributed by atoms with Crippen molar-refractivity contribution in [1.29, 1.82) is 0 Å². The Morgan fingerprint density at radius 3 is 2.86 bits per heavy atom. The topological polar surface area (TPSA) is 17.1 Å². The van der Waals surface area contributed by atoms with Gasteiger partial charge in [-0.2, -0.15) is 0 Å². The molecular formula is C10H10BrFOS. The van der Waals surface area contributed by atoms with Gasteiger partial charge in [-0.3, -0.25) is 4.79 Å². The lowest BCUT2D eigenvalue weighted by Gasteiger charge is -2.03. The van der Waals surface area contributed by atoms with Crippen LogP contribution < -0.4 is 0 Å². The van der Waals surface area contributed by atoms with E-state index < -0.39 is 0 Å². The Kier molecular flexibility index (Phi) is 4.62. The molecule has 0 heterocycles. The van der Waals surface area contributed by atoms with Gasteiger partial charge in [0.15, 0.2) is 0 Å². The Bertz CT molecular complexity index is 341. The average Bonchev–Trinajstić information content (AvgIpc) is 2.20. The number of carbonyl (C=O) groups excluding carboxylic acids is 1. The van der Waals surface area contributed by atoms with Gasteiger partial charge in [0.2, 0.25) is 0 Å². The van der Waals surface area contributed by atoms with Gasteiger partial charge in [0.25, 0.3) is 0 Å². The third-order valence-corrected chi connectivity index (χ3v) is 3.14. The van der Waals surface area contributed by atoms with Gasteiger partial charge in [0.05, 0.1) is 5.33 Å². The number of hydrogen-bond acceptors (Lipinski definition) is 2. The second-order valence-corrected chi connectivity index (χ2v) is 4.23. The van der Waals surface area contributed by atoms with E-state index in [4.69, 9.17) is 0 Å². The second kappa shape index (κ2) is 5.51. The standard InChI is InChI=1S/C10H10BrFOS/c1-14-10-5-7(2-3-9(10)12)4-8(13)6-11/h2-3,5H,4,6H2,1H3. The molecular weight excluding hydrogens is 267 g/mol. The Hall–Kier alpha value is -0.350. The van der Waals surface area contributed by atoms with Crippen molar-refractivity contribution >= 4 is 33.5 Å². The van der Waals surface area contributed by atoms with E-state index in [1.807, 2.05) is 6.26 Å². The molecule has 0 aliphatic heterocycles. The maximum absolute atomic E-state index is 13.1. The molecule has 0 aliphatic rings. The van der Waals surface area contributed by atoms with E-state index >= 15 is 0 Å². The highest BCUT2D eigenvalue weighted by molar-refractivity contribution is 9.09. The summed E-state index contributed by atoms with van der Waals surface area (Å²) in [5, 5.41) is 0.346. The molecule has 1 rings (SSSR count). The molecule has 1 aromatic carbocycles. The molecule has 0 N–H and O–H groups in total. The fourth-order valence-corrected chi connectivity index (χ4v) is 1.82. The Balaban J connectivity index is 2.84. The van der Waals surface area contributed by atoms with Crippen molar-refractivity contribution in [2.45, 2.75) is 11.3 Å². The maximum atomic E-state index is 13.1. The van der Waals surface area contributed by atoms with Gasteiger partial charge in [-0.05, 0) is 24.0 Å². The molecule has 4 heteroatoms. The first kappa shape index (κ1) is 11.7. The Morgan fingerprint density at radius 2 is 2.29 bits per heavy atom. The third kappa shape index (κ3) is 3.10. The number of ketones is 1. The summed E-state index contributed by atoms with van der Waals surface area (Å²) in [7, 11) is 0. The van der Waals surface area contributed by atoms with Crippen LogP contribution in [0.15, 0.2) is 23.1 Å². The van der Waals surface area contributed by atoms with Crippen LogP contribution >= 0.6 is 27.7 Å². The molecule has 0 unspecified atom stereocenters. The van der Waals surface area contributed by atoms with Crippen molar-refractivity contribution in [2.24, 2.45) is 0 Å². The van der Waals surface area contributed by atoms with E-state index in [1.54, 1.807) is 12.1 Å². The summed E-state index contributed by atoms with van der Waals surface area (Å²) in [6, 6.07) is 4.78. The molecule has 14 heavy (non-hydrogen) atoms. The predicted octanol–water partition coefficient (Wildman–Crippen LogP) is 3.05. The summed E-state index contributed by atoms with van der Waals surface area (Å²) in [6.45, 7) is 0. The van der Waals surface area contributed by atoms with Crippen LogP contribution in [0.1, 0.15) is 5.56 Å². The van der Waals surface area contributed by atoms with Crippen molar-refractivity contribution < 1.29 is 9.18 Å². The zero-order chi connectivity index (χ0) is 10.6. The molecule has 0 atom stereocenters. The first-order valence-corrected chi connectivity index (χ1v) is 6.42. The maximum Gasteiger partial charge on any atom is 0.147 e. The smallest absolute Gasteiger partial charge is 0.147 e. The van der Waals surface area contributed by atoms with E-state index in [1.165, 1.54) is 17.8 Å². The number of alkyl halides is 1. The van der Waals surface area contributed by atoms with Crippen LogP contribution in [0.4, 0.5) is 4.39 Å². The fourth-order valence-electron chi connectivity index (χ4n) is 1.09. The van der Waals surface area contributed by atoms with Crippen LogP contribution in [0.3, 0.4) is 0 Å². The molecule has 1 aromatic rings. The first-order chi connectivity index (χ1) is 6.67. The summed E-state index contributed by atoms with van der Waals surface area (Å²) in [6.07, 6.45) is 2.17. The van der Waals surface area contributed by atoms with E-state index in [-0.39, 0.29) is 11.6 Å². The normalized spacial score (nSPS) is 10.2. The first-order valence-electron chi connectivity index (χ1n) is 4.07. The third-order valence-electron chi connectivity index (χ3n) is 1.77. The molecule has 0 bridgehead atoms. The minimum absolute atomic E-state index is 0.101. The van der Waals surface area contributed by atoms with Crippen LogP contribution in [0.5, 0.6) is 0 Å². The SMILES string of the molecule is CSc1cc(CC(=O)CBr)ccc1F. The van der Waals surface area contributed by atoms with E-state index in [2.05, 4.69) is 15.9 Å². The van der Waals surface area contributed by atoms with Gasteiger partial charge >= 0.3 is 0 Å². The lowest BCUT2D eigenvalue weighted by atomic mass is 10.1. The minimum atomic E-state index is -0.229. The van der Waals surface area contributed by atoms with Crippen molar-refractivity contribution in [3.8, 4) is 0 Å². The zero-order valence-corrected chi connectivity index (χ0v) is 10.1. The quantitative estimate of drug-likeness (QED) is 0.621. The molecule has 0 amide bonds. The van der Waals surface area contributed by atoms with Crippen molar-refractivity contribution in [3.05, 3.63) is 29.6 Å². The highest BCUT2D eigenvalue weighted by Crippen LogP contribution is 2.20. The number of thioether (sulfide) groups is 1. The highest BCUT2D eigenvalue weighted by Gasteiger charge is 2.05. The summed E-state index contributed by atoms with van der Waals surface area (Å²) in [5.41, 5.74) is 0.861.